The summed E-state index contributed by atoms with van der Waals surface area (Å²) in [6.07, 6.45) is 1.37. The monoisotopic (exact) mass is 242 g/mol. The van der Waals surface area contributed by atoms with E-state index in [2.05, 4.69) is 15.6 Å². The number of pyridine rings is 1. The molecule has 1 heterocycles. The average Bonchev–Trinajstić information content (AvgIpc) is 2.29. The van der Waals surface area contributed by atoms with E-state index in [-0.39, 0.29) is 18.9 Å². The van der Waals surface area contributed by atoms with Crippen molar-refractivity contribution in [3.8, 4) is 0 Å². The zero-order valence-corrected chi connectivity index (χ0v) is 9.12. The molecule has 0 aliphatic carbocycles. The van der Waals surface area contributed by atoms with Gasteiger partial charge in [0, 0.05) is 19.3 Å². The number of nitrogens with zero attached hydrogens (tertiary/aromatic N) is 1. The Morgan fingerprint density at radius 3 is 2.69 bits per heavy atom. The molecular weight excluding hydrogens is 232 g/mol. The summed E-state index contributed by atoms with van der Waals surface area (Å²) >= 11 is 5.61. The third-order valence-electron chi connectivity index (χ3n) is 1.61. The predicted octanol–water partition coefficient (Wildman–Crippen LogP) is -0.252. The van der Waals surface area contributed by atoms with Gasteiger partial charge in [-0.3, -0.25) is 9.59 Å². The van der Waals surface area contributed by atoms with Gasteiger partial charge in [-0.25, -0.2) is 4.98 Å². The fourth-order valence-electron chi connectivity index (χ4n) is 0.889. The number of aromatic nitrogens is 1. The van der Waals surface area contributed by atoms with Gasteiger partial charge < -0.3 is 16.4 Å². The van der Waals surface area contributed by atoms with Crippen LogP contribution in [0.2, 0.25) is 5.02 Å². The van der Waals surface area contributed by atoms with Crippen LogP contribution in [0, 0.1) is 0 Å². The molecule has 0 aliphatic heterocycles. The Morgan fingerprint density at radius 1 is 1.38 bits per heavy atom. The summed E-state index contributed by atoms with van der Waals surface area (Å²) in [4.78, 5) is 26.2. The second-order valence-electron chi connectivity index (χ2n) is 2.86. The lowest BCUT2D eigenvalue weighted by molar-refractivity contribution is -0.136. The van der Waals surface area contributed by atoms with Crippen molar-refractivity contribution in [2.45, 2.75) is 0 Å². The van der Waals surface area contributed by atoms with Crippen molar-refractivity contribution in [2.75, 3.05) is 18.4 Å². The van der Waals surface area contributed by atoms with E-state index >= 15 is 0 Å². The first-order valence-electron chi connectivity index (χ1n) is 4.54. The summed E-state index contributed by atoms with van der Waals surface area (Å²) in [6, 6.07) is 3.05. The number of anilines is 1. The number of carbonyl (C=O) groups is 2. The lowest BCUT2D eigenvalue weighted by Gasteiger charge is -2.04. The molecule has 0 spiro atoms. The van der Waals surface area contributed by atoms with E-state index in [1.54, 1.807) is 6.07 Å². The highest BCUT2D eigenvalue weighted by Crippen LogP contribution is 2.09. The average molecular weight is 243 g/mol. The molecule has 0 atom stereocenters. The van der Waals surface area contributed by atoms with E-state index in [1.165, 1.54) is 12.3 Å². The largest absolute Gasteiger partial charge is 0.347 e. The van der Waals surface area contributed by atoms with Gasteiger partial charge >= 0.3 is 11.8 Å². The molecule has 16 heavy (non-hydrogen) atoms. The van der Waals surface area contributed by atoms with Crippen LogP contribution in [0.25, 0.3) is 0 Å². The maximum absolute atomic E-state index is 11.3. The Balaban J connectivity index is 2.51. The molecule has 0 fully saturated rings. The Labute approximate surface area is 97.2 Å². The summed E-state index contributed by atoms with van der Waals surface area (Å²) < 4.78 is 0. The highest BCUT2D eigenvalue weighted by atomic mass is 35.5. The summed E-state index contributed by atoms with van der Waals surface area (Å²) in [5.41, 5.74) is 5.17. The van der Waals surface area contributed by atoms with Gasteiger partial charge in [0.1, 0.15) is 5.82 Å². The van der Waals surface area contributed by atoms with Crippen molar-refractivity contribution < 1.29 is 9.59 Å². The van der Waals surface area contributed by atoms with Crippen LogP contribution in [0.4, 0.5) is 5.82 Å². The third kappa shape index (κ3) is 3.84. The van der Waals surface area contributed by atoms with Crippen molar-refractivity contribution in [1.82, 2.24) is 10.3 Å². The molecule has 0 aromatic carbocycles. The summed E-state index contributed by atoms with van der Waals surface area (Å²) in [6.45, 7) is 0.526. The molecule has 0 bridgehead atoms. The Morgan fingerprint density at radius 2 is 2.12 bits per heavy atom. The number of rotatable bonds is 3. The zero-order chi connectivity index (χ0) is 12.0. The van der Waals surface area contributed by atoms with Crippen molar-refractivity contribution >= 4 is 29.2 Å². The number of nitrogens with two attached hydrogens (primary N) is 1. The first-order valence-corrected chi connectivity index (χ1v) is 4.92. The Kier molecular flexibility index (Phi) is 4.68. The first-order chi connectivity index (χ1) is 7.63. The van der Waals surface area contributed by atoms with Gasteiger partial charge in [0.05, 0.1) is 5.02 Å². The molecule has 0 radical (unpaired) electrons. The molecule has 4 N–H and O–H groups in total. The maximum atomic E-state index is 11.3. The van der Waals surface area contributed by atoms with Crippen LogP contribution in [-0.4, -0.2) is 29.9 Å². The molecule has 0 unspecified atom stereocenters. The minimum atomic E-state index is -0.789. The predicted molar refractivity (Wildman–Crippen MR) is 59.9 cm³/mol. The molecule has 0 saturated heterocycles. The van der Waals surface area contributed by atoms with Crippen molar-refractivity contribution in [3.05, 3.63) is 23.4 Å². The van der Waals surface area contributed by atoms with Crippen LogP contribution in [0.5, 0.6) is 0 Å². The zero-order valence-electron chi connectivity index (χ0n) is 8.37. The Hall–Kier alpha value is -1.66. The number of hydrogen-bond donors (Lipinski definition) is 3. The van der Waals surface area contributed by atoms with Crippen LogP contribution in [0.3, 0.4) is 0 Å². The van der Waals surface area contributed by atoms with E-state index in [0.29, 0.717) is 5.02 Å². The van der Waals surface area contributed by atoms with Crippen LogP contribution in [0.15, 0.2) is 18.3 Å². The lowest BCUT2D eigenvalue weighted by Crippen LogP contribution is -2.38. The quantitative estimate of drug-likeness (QED) is 0.637. The molecule has 0 aliphatic rings. The summed E-state index contributed by atoms with van der Waals surface area (Å²) in [7, 11) is 0. The van der Waals surface area contributed by atoms with Crippen molar-refractivity contribution in [2.24, 2.45) is 5.73 Å². The number of nitrogens with one attached hydrogen (secondary N) is 2. The smallest absolute Gasteiger partial charge is 0.314 e. The topological polar surface area (TPSA) is 97.1 Å². The molecule has 86 valence electrons. The molecule has 2 amide bonds. The van der Waals surface area contributed by atoms with Gasteiger partial charge in [-0.05, 0) is 12.1 Å². The van der Waals surface area contributed by atoms with Gasteiger partial charge in [0.2, 0.25) is 0 Å². The number of carbonyl (C=O) groups excluding carboxylic acids is 2. The number of halogens is 1. The van der Waals surface area contributed by atoms with Crippen molar-refractivity contribution in [1.29, 1.82) is 0 Å². The van der Waals surface area contributed by atoms with Gasteiger partial charge in [0.15, 0.2) is 0 Å². The van der Waals surface area contributed by atoms with Crippen molar-refractivity contribution in [3.63, 3.8) is 0 Å². The van der Waals surface area contributed by atoms with Crippen LogP contribution >= 0.6 is 11.6 Å². The van der Waals surface area contributed by atoms with Crippen LogP contribution in [0.1, 0.15) is 0 Å². The fourth-order valence-corrected chi connectivity index (χ4v) is 1.00. The number of hydrogen-bond acceptors (Lipinski definition) is 4. The minimum Gasteiger partial charge on any atom is -0.347 e. The molecule has 6 nitrogen and oxygen atoms in total. The second-order valence-corrected chi connectivity index (χ2v) is 3.30. The van der Waals surface area contributed by atoms with E-state index in [1.807, 2.05) is 0 Å². The van der Waals surface area contributed by atoms with E-state index in [0.717, 1.165) is 0 Å². The standard InChI is InChI=1S/C9H11ClN4O2/c10-6-1-2-7(13-5-6)14-9(16)8(15)12-4-3-11/h1-2,5H,3-4,11H2,(H,12,15)(H,13,14,16). The highest BCUT2D eigenvalue weighted by Gasteiger charge is 2.12. The second kappa shape index (κ2) is 6.04. The Bertz CT molecular complexity index is 380. The molecule has 1 aromatic rings. The van der Waals surface area contributed by atoms with Crippen LogP contribution in [-0.2, 0) is 9.59 Å². The normalized spacial score (nSPS) is 9.62. The molecule has 1 rings (SSSR count). The van der Waals surface area contributed by atoms with E-state index in [4.69, 9.17) is 17.3 Å². The van der Waals surface area contributed by atoms with Gasteiger partial charge in [0.25, 0.3) is 0 Å². The molecule has 1 aromatic heterocycles. The first kappa shape index (κ1) is 12.4. The summed E-state index contributed by atoms with van der Waals surface area (Å²) in [5, 5.41) is 5.10. The van der Waals surface area contributed by atoms with E-state index < -0.39 is 11.8 Å². The number of amides is 2. The SMILES string of the molecule is NCCNC(=O)C(=O)Nc1ccc(Cl)cn1. The summed E-state index contributed by atoms with van der Waals surface area (Å²) in [5.74, 6) is -1.28. The maximum Gasteiger partial charge on any atom is 0.314 e. The third-order valence-corrected chi connectivity index (χ3v) is 1.83. The van der Waals surface area contributed by atoms with Gasteiger partial charge in [-0.1, -0.05) is 11.6 Å². The molecule has 7 heteroatoms. The van der Waals surface area contributed by atoms with Gasteiger partial charge in [-0.2, -0.15) is 0 Å². The van der Waals surface area contributed by atoms with Gasteiger partial charge in [-0.15, -0.1) is 0 Å². The minimum absolute atomic E-state index is 0.250. The molecule has 0 saturated carbocycles. The highest BCUT2D eigenvalue weighted by molar-refractivity contribution is 6.39. The molecular formula is C9H11ClN4O2. The fraction of sp³-hybridized carbons (Fsp3) is 0.222. The lowest BCUT2D eigenvalue weighted by atomic mass is 10.4. The van der Waals surface area contributed by atoms with Crippen LogP contribution < -0.4 is 16.4 Å². The van der Waals surface area contributed by atoms with E-state index in [9.17, 15) is 9.59 Å².